The Morgan fingerprint density at radius 1 is 1.56 bits per heavy atom. The van der Waals surface area contributed by atoms with Crippen LogP contribution in [-0.4, -0.2) is 27.9 Å². The monoisotopic (exact) mass is 379 g/mol. The van der Waals surface area contributed by atoms with Crippen LogP contribution >= 0.6 is 28.4 Å². The standard InChI is InChI=1S/C10H8FIN3O2P/c1-17-10-3-7(8(11)4-13-10)9-2-6(5-16)14-15(9)18-12/h2-5,18H,1H3. The van der Waals surface area contributed by atoms with Crippen molar-refractivity contribution in [1.29, 1.82) is 0 Å². The zero-order valence-electron chi connectivity index (χ0n) is 9.22. The van der Waals surface area contributed by atoms with E-state index >= 15 is 0 Å². The van der Waals surface area contributed by atoms with Crippen molar-refractivity contribution in [3.05, 3.63) is 29.8 Å². The Hall–Kier alpha value is -1.08. The van der Waals surface area contributed by atoms with Crippen LogP contribution < -0.4 is 4.74 Å². The smallest absolute Gasteiger partial charge is 0.213 e. The van der Waals surface area contributed by atoms with Crippen LogP contribution in [0.5, 0.6) is 5.88 Å². The Balaban J connectivity index is 2.59. The Labute approximate surface area is 117 Å². The van der Waals surface area contributed by atoms with Gasteiger partial charge >= 0.3 is 0 Å². The van der Waals surface area contributed by atoms with E-state index in [2.05, 4.69) is 32.1 Å². The van der Waals surface area contributed by atoms with Gasteiger partial charge in [-0.3, -0.25) is 4.79 Å². The molecule has 0 spiro atoms. The predicted octanol–water partition coefficient (Wildman–Crippen LogP) is 2.70. The molecule has 94 valence electrons. The van der Waals surface area contributed by atoms with E-state index in [0.717, 1.165) is 6.20 Å². The van der Waals surface area contributed by atoms with Gasteiger partial charge in [-0.15, -0.1) is 0 Å². The quantitative estimate of drug-likeness (QED) is 0.466. The lowest BCUT2D eigenvalue weighted by Crippen LogP contribution is -1.95. The van der Waals surface area contributed by atoms with E-state index in [1.165, 1.54) is 19.2 Å². The van der Waals surface area contributed by atoms with Gasteiger partial charge < -0.3 is 4.74 Å². The highest BCUT2D eigenvalue weighted by Gasteiger charge is 2.14. The molecule has 18 heavy (non-hydrogen) atoms. The number of rotatable bonds is 4. The highest BCUT2D eigenvalue weighted by molar-refractivity contribution is 14.2. The second kappa shape index (κ2) is 5.71. The second-order valence-electron chi connectivity index (χ2n) is 3.28. The number of carbonyl (C=O) groups is 1. The maximum absolute atomic E-state index is 13.8. The number of hydrogen-bond acceptors (Lipinski definition) is 4. The van der Waals surface area contributed by atoms with Crippen molar-refractivity contribution < 1.29 is 13.9 Å². The number of halogens is 2. The van der Waals surface area contributed by atoms with Gasteiger partial charge in [0.1, 0.15) is 5.69 Å². The molecule has 2 aromatic heterocycles. The zero-order valence-corrected chi connectivity index (χ0v) is 12.4. The fraction of sp³-hybridized carbons (Fsp3) is 0.100. The Bertz CT molecular complexity index is 590. The van der Waals surface area contributed by atoms with Gasteiger partial charge in [0.25, 0.3) is 0 Å². The van der Waals surface area contributed by atoms with Gasteiger partial charge in [-0.25, -0.2) is 13.8 Å². The molecule has 0 aliphatic rings. The molecule has 0 saturated carbocycles. The van der Waals surface area contributed by atoms with Crippen LogP contribution in [0.2, 0.25) is 0 Å². The molecule has 0 aromatic carbocycles. The maximum Gasteiger partial charge on any atom is 0.213 e. The summed E-state index contributed by atoms with van der Waals surface area (Å²) in [6, 6.07) is 3.02. The number of aldehydes is 1. The number of nitrogens with zero attached hydrogens (tertiary/aromatic N) is 3. The highest BCUT2D eigenvalue weighted by Crippen LogP contribution is 2.33. The molecule has 5 nitrogen and oxygen atoms in total. The van der Waals surface area contributed by atoms with Crippen LogP contribution in [0.3, 0.4) is 0 Å². The third kappa shape index (κ3) is 2.51. The molecule has 2 heterocycles. The van der Waals surface area contributed by atoms with Crippen LogP contribution in [-0.2, 0) is 0 Å². The lowest BCUT2D eigenvalue weighted by molar-refractivity contribution is 0.111. The SMILES string of the molecule is COc1cc(-c2cc(C=O)nn2PI)c(F)cn1. The maximum atomic E-state index is 13.8. The summed E-state index contributed by atoms with van der Waals surface area (Å²) in [5.41, 5.74) is 1.11. The van der Waals surface area contributed by atoms with Crippen LogP contribution in [0.1, 0.15) is 10.5 Å². The summed E-state index contributed by atoms with van der Waals surface area (Å²) in [6.45, 7) is 0. The van der Waals surface area contributed by atoms with E-state index in [-0.39, 0.29) is 12.1 Å². The van der Waals surface area contributed by atoms with Gasteiger partial charge in [-0.05, 0) is 28.1 Å². The molecule has 0 amide bonds. The minimum absolute atomic E-state index is 0.261. The van der Waals surface area contributed by atoms with Gasteiger partial charge in [-0.1, -0.05) is 0 Å². The number of carbonyl (C=O) groups excluding carboxylic acids is 1. The van der Waals surface area contributed by atoms with E-state index < -0.39 is 5.82 Å². The molecular weight excluding hydrogens is 371 g/mol. The molecule has 0 bridgehead atoms. The van der Waals surface area contributed by atoms with Gasteiger partial charge in [0.05, 0.1) is 25.4 Å². The molecule has 1 unspecified atom stereocenters. The topological polar surface area (TPSA) is 57.0 Å². The fourth-order valence-corrected chi connectivity index (χ4v) is 2.97. The Morgan fingerprint density at radius 3 is 2.94 bits per heavy atom. The number of aromatic nitrogens is 3. The summed E-state index contributed by atoms with van der Waals surface area (Å²) in [6.07, 6.45) is 1.98. The van der Waals surface area contributed by atoms with E-state index in [0.29, 0.717) is 23.4 Å². The lowest BCUT2D eigenvalue weighted by Gasteiger charge is -2.06. The van der Waals surface area contributed by atoms with E-state index in [9.17, 15) is 9.18 Å². The van der Waals surface area contributed by atoms with Crippen LogP contribution in [0.15, 0.2) is 18.3 Å². The molecule has 0 aliphatic carbocycles. The van der Waals surface area contributed by atoms with E-state index in [1.807, 2.05) is 0 Å². The van der Waals surface area contributed by atoms with Gasteiger partial charge in [-0.2, -0.15) is 5.10 Å². The minimum atomic E-state index is -0.482. The van der Waals surface area contributed by atoms with Crippen LogP contribution in [0, 0.1) is 5.82 Å². The minimum Gasteiger partial charge on any atom is -0.481 e. The molecule has 8 heteroatoms. The van der Waals surface area contributed by atoms with Crippen molar-refractivity contribution in [2.75, 3.05) is 7.11 Å². The second-order valence-corrected chi connectivity index (χ2v) is 5.32. The van der Waals surface area contributed by atoms with Crippen molar-refractivity contribution in [3.63, 3.8) is 0 Å². The van der Waals surface area contributed by atoms with Crippen molar-refractivity contribution >= 4 is 34.7 Å². The summed E-state index contributed by atoms with van der Waals surface area (Å²) >= 11 is 2.11. The normalized spacial score (nSPS) is 11.1. The van der Waals surface area contributed by atoms with Crippen LogP contribution in [0.25, 0.3) is 11.3 Å². The molecule has 0 N–H and O–H groups in total. The first kappa shape index (κ1) is 13.4. The Kier molecular flexibility index (Phi) is 4.23. The molecule has 0 aliphatic heterocycles. The molecule has 0 saturated heterocycles. The molecular formula is C10H8FIN3O2P. The average molecular weight is 379 g/mol. The van der Waals surface area contributed by atoms with Crippen molar-refractivity contribution in [2.24, 2.45) is 0 Å². The van der Waals surface area contributed by atoms with Crippen molar-refractivity contribution in [3.8, 4) is 17.1 Å². The Morgan fingerprint density at radius 2 is 2.33 bits per heavy atom. The first-order valence-corrected chi connectivity index (χ1v) is 8.87. The van der Waals surface area contributed by atoms with E-state index in [4.69, 9.17) is 4.74 Å². The third-order valence-corrected chi connectivity index (χ3v) is 4.12. The predicted molar refractivity (Wildman–Crippen MR) is 75.1 cm³/mol. The first-order valence-electron chi connectivity index (χ1n) is 4.81. The summed E-state index contributed by atoms with van der Waals surface area (Å²) in [7, 11) is 1.46. The highest BCUT2D eigenvalue weighted by atomic mass is 127. The molecule has 2 rings (SSSR count). The summed E-state index contributed by atoms with van der Waals surface area (Å²) < 4.78 is 20.3. The van der Waals surface area contributed by atoms with Crippen LogP contribution in [0.4, 0.5) is 4.39 Å². The molecule has 0 radical (unpaired) electrons. The lowest BCUT2D eigenvalue weighted by atomic mass is 10.2. The van der Waals surface area contributed by atoms with Crippen molar-refractivity contribution in [1.82, 2.24) is 14.5 Å². The number of hydrogen-bond donors (Lipinski definition) is 0. The number of methoxy groups -OCH3 is 1. The average Bonchev–Trinajstić information content (AvgIpc) is 2.82. The summed E-state index contributed by atoms with van der Waals surface area (Å²) in [4.78, 5) is 14.5. The number of pyridine rings is 1. The summed E-state index contributed by atoms with van der Waals surface area (Å²) in [5.74, 6) is -0.173. The third-order valence-electron chi connectivity index (χ3n) is 2.24. The van der Waals surface area contributed by atoms with Gasteiger partial charge in [0.15, 0.2) is 12.1 Å². The van der Waals surface area contributed by atoms with Gasteiger partial charge in [0.2, 0.25) is 5.88 Å². The van der Waals surface area contributed by atoms with E-state index in [1.54, 1.807) is 4.45 Å². The molecule has 2 aromatic rings. The molecule has 1 atom stereocenters. The first-order chi connectivity index (χ1) is 8.69. The molecule has 0 fully saturated rings. The number of ether oxygens (including phenoxy) is 1. The fourth-order valence-electron chi connectivity index (χ4n) is 1.44. The van der Waals surface area contributed by atoms with Gasteiger partial charge in [0, 0.05) is 11.6 Å². The summed E-state index contributed by atoms with van der Waals surface area (Å²) in [5, 5.41) is 4.05. The largest absolute Gasteiger partial charge is 0.481 e. The zero-order chi connectivity index (χ0) is 13.1. The van der Waals surface area contributed by atoms with Crippen molar-refractivity contribution in [2.45, 2.75) is 0 Å².